The molecule has 1 amide bonds. The molecule has 11 heteroatoms. The number of carbonyl (C=O) groups is 1. The van der Waals surface area contributed by atoms with E-state index in [1.54, 1.807) is 17.8 Å². The lowest BCUT2D eigenvalue weighted by molar-refractivity contribution is 0.0978. The summed E-state index contributed by atoms with van der Waals surface area (Å²) in [5, 5.41) is 0.292. The Morgan fingerprint density at radius 3 is 2.45 bits per heavy atom. The summed E-state index contributed by atoms with van der Waals surface area (Å²) in [7, 11) is -3.92. The van der Waals surface area contributed by atoms with Gasteiger partial charge in [0.05, 0.1) is 28.7 Å². The molecule has 0 atom stereocenters. The predicted molar refractivity (Wildman–Crippen MR) is 118 cm³/mol. The Balaban J connectivity index is 1.92. The molecule has 0 spiro atoms. The van der Waals surface area contributed by atoms with Crippen LogP contribution in [0.5, 0.6) is 0 Å². The van der Waals surface area contributed by atoms with Crippen molar-refractivity contribution >= 4 is 38.6 Å². The van der Waals surface area contributed by atoms with Crippen LogP contribution in [0, 0.1) is 24.4 Å². The number of fused-ring (bicyclic) bond motifs is 1. The van der Waals surface area contributed by atoms with Gasteiger partial charge >= 0.3 is 0 Å². The molecule has 33 heavy (non-hydrogen) atoms. The highest BCUT2D eigenvalue weighted by Gasteiger charge is 2.21. The number of carbonyl (C=O) groups excluding carboxylic acids is 1. The van der Waals surface area contributed by atoms with E-state index in [1.807, 2.05) is 0 Å². The predicted octanol–water partition coefficient (Wildman–Crippen LogP) is 4.76. The van der Waals surface area contributed by atoms with E-state index in [2.05, 4.69) is 4.98 Å². The van der Waals surface area contributed by atoms with E-state index in [4.69, 9.17) is 11.6 Å². The topological polar surface area (TPSA) is 81.1 Å². The summed E-state index contributed by atoms with van der Waals surface area (Å²) >= 11 is 6.32. The number of hydrogen-bond donors (Lipinski definition) is 1. The molecule has 0 bridgehead atoms. The third-order valence-corrected chi connectivity index (χ3v) is 5.77. The molecule has 0 saturated heterocycles. The monoisotopic (exact) mass is 493 g/mol. The zero-order valence-corrected chi connectivity index (χ0v) is 18.7. The average Bonchev–Trinajstić information content (AvgIpc) is 3.06. The van der Waals surface area contributed by atoms with Crippen LogP contribution in [-0.4, -0.2) is 30.1 Å². The molecule has 1 N–H and O–H groups in total. The average molecular weight is 494 g/mol. The number of aryl methyl sites for hydroxylation is 1. The quantitative estimate of drug-likeness (QED) is 0.444. The molecule has 2 aromatic heterocycles. The Bertz CT molecular complexity index is 1550. The lowest BCUT2D eigenvalue weighted by atomic mass is 10.0. The minimum atomic E-state index is -3.92. The number of hydrogen-bond acceptors (Lipinski definition) is 4. The first-order valence-electron chi connectivity index (χ1n) is 9.39. The second kappa shape index (κ2) is 8.20. The zero-order chi connectivity index (χ0) is 24.1. The van der Waals surface area contributed by atoms with Crippen molar-refractivity contribution in [1.82, 2.24) is 14.3 Å². The van der Waals surface area contributed by atoms with Crippen molar-refractivity contribution in [2.45, 2.75) is 6.92 Å². The van der Waals surface area contributed by atoms with E-state index in [9.17, 15) is 26.4 Å². The van der Waals surface area contributed by atoms with E-state index >= 15 is 0 Å². The minimum absolute atomic E-state index is 0.0829. The molecule has 0 aliphatic rings. The number of amides is 1. The van der Waals surface area contributed by atoms with Crippen LogP contribution in [0.3, 0.4) is 0 Å². The van der Waals surface area contributed by atoms with Gasteiger partial charge in [0.15, 0.2) is 0 Å². The standard InChI is InChI=1S/C22H15ClF3N3O3S/c1-11-5-12(24)3-4-14(11)17-10-29(21-15(17)6-13(25)9-27-21)20-8-19(26)16(7-18(20)23)22(30)28-33(2,31)32/h3-10H,1-2H3,(H,28,30). The molecule has 0 fully saturated rings. The van der Waals surface area contributed by atoms with Crippen molar-refractivity contribution in [3.8, 4) is 16.8 Å². The number of nitrogens with one attached hydrogen (secondary N) is 1. The normalized spacial score (nSPS) is 11.7. The van der Waals surface area contributed by atoms with E-state index in [-0.39, 0.29) is 16.4 Å². The molecule has 0 aliphatic carbocycles. The molecule has 2 heterocycles. The van der Waals surface area contributed by atoms with E-state index in [1.165, 1.54) is 28.8 Å². The number of nitrogens with zero attached hydrogens (tertiary/aromatic N) is 2. The van der Waals surface area contributed by atoms with Crippen LogP contribution in [0.1, 0.15) is 15.9 Å². The van der Waals surface area contributed by atoms with Gasteiger partial charge in [0.1, 0.15) is 23.1 Å². The lowest BCUT2D eigenvalue weighted by Gasteiger charge is -2.11. The van der Waals surface area contributed by atoms with Crippen molar-refractivity contribution in [1.29, 1.82) is 0 Å². The molecule has 0 aliphatic heterocycles. The third kappa shape index (κ3) is 4.44. The Morgan fingerprint density at radius 2 is 1.79 bits per heavy atom. The summed E-state index contributed by atoms with van der Waals surface area (Å²) in [6.45, 7) is 1.69. The fourth-order valence-electron chi connectivity index (χ4n) is 3.53. The van der Waals surface area contributed by atoms with E-state index in [0.717, 1.165) is 24.6 Å². The number of aromatic nitrogens is 2. The Kier molecular flexibility index (Phi) is 5.67. The van der Waals surface area contributed by atoms with Gasteiger partial charge in [-0.05, 0) is 42.3 Å². The second-order valence-electron chi connectivity index (χ2n) is 7.38. The van der Waals surface area contributed by atoms with Crippen LogP contribution < -0.4 is 4.72 Å². The van der Waals surface area contributed by atoms with Crippen molar-refractivity contribution in [3.63, 3.8) is 0 Å². The van der Waals surface area contributed by atoms with Gasteiger partial charge in [0, 0.05) is 23.2 Å². The summed E-state index contributed by atoms with van der Waals surface area (Å²) in [6.07, 6.45) is 3.29. The highest BCUT2D eigenvalue weighted by atomic mass is 35.5. The van der Waals surface area contributed by atoms with Crippen LogP contribution in [0.15, 0.2) is 48.8 Å². The van der Waals surface area contributed by atoms with Gasteiger partial charge in [-0.1, -0.05) is 17.7 Å². The van der Waals surface area contributed by atoms with Crippen molar-refractivity contribution < 1.29 is 26.4 Å². The number of sulfonamides is 1. The van der Waals surface area contributed by atoms with Gasteiger partial charge in [0.25, 0.3) is 5.91 Å². The number of pyridine rings is 1. The summed E-state index contributed by atoms with van der Waals surface area (Å²) in [6, 6.07) is 7.31. The first-order valence-corrected chi connectivity index (χ1v) is 11.7. The van der Waals surface area contributed by atoms with Crippen LogP contribution in [-0.2, 0) is 10.0 Å². The van der Waals surface area contributed by atoms with E-state index < -0.39 is 38.9 Å². The fraction of sp³-hybridized carbons (Fsp3) is 0.0909. The van der Waals surface area contributed by atoms with Gasteiger partial charge in [-0.15, -0.1) is 0 Å². The summed E-state index contributed by atoms with van der Waals surface area (Å²) in [5.74, 6) is -3.24. The van der Waals surface area contributed by atoms with Crippen LogP contribution >= 0.6 is 11.6 Å². The first kappa shape index (κ1) is 22.8. The molecular formula is C22H15ClF3N3O3S. The molecule has 0 unspecified atom stereocenters. The van der Waals surface area contributed by atoms with Crippen molar-refractivity contribution in [3.05, 3.63) is 82.4 Å². The summed E-state index contributed by atoms with van der Waals surface area (Å²) in [5.41, 5.74) is 1.45. The SMILES string of the molecule is Cc1cc(F)ccc1-c1cn(-c2cc(F)c(C(=O)NS(C)(=O)=O)cc2Cl)c2ncc(F)cc12. The smallest absolute Gasteiger partial charge is 0.267 e. The number of rotatable bonds is 4. The lowest BCUT2D eigenvalue weighted by Crippen LogP contribution is -2.30. The van der Waals surface area contributed by atoms with Crippen LogP contribution in [0.25, 0.3) is 27.8 Å². The first-order chi connectivity index (χ1) is 15.4. The Morgan fingerprint density at radius 1 is 1.06 bits per heavy atom. The molecule has 0 radical (unpaired) electrons. The maximum absolute atomic E-state index is 14.8. The molecule has 170 valence electrons. The summed E-state index contributed by atoms with van der Waals surface area (Å²) < 4.78 is 68.1. The molecule has 4 aromatic rings. The Hall–Kier alpha value is -3.37. The highest BCUT2D eigenvalue weighted by molar-refractivity contribution is 7.89. The largest absolute Gasteiger partial charge is 0.299 e. The maximum Gasteiger partial charge on any atom is 0.267 e. The van der Waals surface area contributed by atoms with Gasteiger partial charge in [0.2, 0.25) is 10.0 Å². The minimum Gasteiger partial charge on any atom is -0.299 e. The van der Waals surface area contributed by atoms with Crippen molar-refractivity contribution in [2.24, 2.45) is 0 Å². The number of halogens is 4. The third-order valence-electron chi connectivity index (χ3n) is 4.91. The highest BCUT2D eigenvalue weighted by Crippen LogP contribution is 2.36. The van der Waals surface area contributed by atoms with Gasteiger partial charge < -0.3 is 0 Å². The van der Waals surface area contributed by atoms with E-state index in [0.29, 0.717) is 22.1 Å². The fourth-order valence-corrected chi connectivity index (χ4v) is 4.23. The molecule has 2 aromatic carbocycles. The van der Waals surface area contributed by atoms with Crippen LogP contribution in [0.4, 0.5) is 13.2 Å². The second-order valence-corrected chi connectivity index (χ2v) is 9.54. The van der Waals surface area contributed by atoms with Gasteiger partial charge in [-0.25, -0.2) is 31.3 Å². The van der Waals surface area contributed by atoms with Crippen LogP contribution in [0.2, 0.25) is 5.02 Å². The molecular weight excluding hydrogens is 479 g/mol. The molecule has 0 saturated carbocycles. The molecule has 4 rings (SSSR count). The van der Waals surface area contributed by atoms with Gasteiger partial charge in [-0.2, -0.15) is 0 Å². The molecule has 6 nitrogen and oxygen atoms in total. The maximum atomic E-state index is 14.8. The van der Waals surface area contributed by atoms with Gasteiger partial charge in [-0.3, -0.25) is 9.36 Å². The summed E-state index contributed by atoms with van der Waals surface area (Å²) in [4.78, 5) is 16.2. The Labute approximate surface area is 191 Å². The zero-order valence-electron chi connectivity index (χ0n) is 17.2. The number of benzene rings is 2. The van der Waals surface area contributed by atoms with Crippen molar-refractivity contribution in [2.75, 3.05) is 6.26 Å².